The van der Waals surface area contributed by atoms with Crippen LogP contribution in [0.4, 0.5) is 0 Å². The van der Waals surface area contributed by atoms with E-state index in [2.05, 4.69) is 5.32 Å². The van der Waals surface area contributed by atoms with E-state index >= 15 is 0 Å². The standard InChI is InChI=1S/C19H18ClNO6/c20-14-3-1-2-13(9-14)12-6-4-11(5-7-12)8-15(10-16(22)18(24)25)21-17(23)19(26)27/h1-7,9,15-16,22H,8,10H2,(H,21,23)(H,24,25)(H,26,27)/t15-,16-/m1/s1. The van der Waals surface area contributed by atoms with Crippen LogP contribution in [0.5, 0.6) is 0 Å². The number of amides is 1. The van der Waals surface area contributed by atoms with Gasteiger partial charge in [-0.3, -0.25) is 4.79 Å². The summed E-state index contributed by atoms with van der Waals surface area (Å²) < 4.78 is 0. The van der Waals surface area contributed by atoms with Gasteiger partial charge in [-0.1, -0.05) is 48.0 Å². The zero-order valence-corrected chi connectivity index (χ0v) is 14.9. The predicted molar refractivity (Wildman–Crippen MR) is 98.4 cm³/mol. The van der Waals surface area contributed by atoms with Crippen molar-refractivity contribution in [3.63, 3.8) is 0 Å². The van der Waals surface area contributed by atoms with Crippen LogP contribution in [0.1, 0.15) is 12.0 Å². The van der Waals surface area contributed by atoms with Crippen LogP contribution in [0.3, 0.4) is 0 Å². The van der Waals surface area contributed by atoms with Crippen LogP contribution in [0, 0.1) is 0 Å². The lowest BCUT2D eigenvalue weighted by molar-refractivity contribution is -0.151. The Hall–Kier alpha value is -2.90. The number of aliphatic hydroxyl groups excluding tert-OH is 1. The van der Waals surface area contributed by atoms with Gasteiger partial charge >= 0.3 is 17.8 Å². The largest absolute Gasteiger partial charge is 0.479 e. The van der Waals surface area contributed by atoms with Gasteiger partial charge in [0.15, 0.2) is 6.10 Å². The van der Waals surface area contributed by atoms with E-state index in [0.717, 1.165) is 16.7 Å². The highest BCUT2D eigenvalue weighted by Gasteiger charge is 2.24. The highest BCUT2D eigenvalue weighted by atomic mass is 35.5. The van der Waals surface area contributed by atoms with Gasteiger partial charge in [0.05, 0.1) is 0 Å². The summed E-state index contributed by atoms with van der Waals surface area (Å²) in [7, 11) is 0. The number of nitrogens with one attached hydrogen (secondary N) is 1. The second-order valence-electron chi connectivity index (χ2n) is 5.98. The molecule has 0 aliphatic heterocycles. The SMILES string of the molecule is O=C(O)C(=O)N[C@H](Cc1ccc(-c2cccc(Cl)c2)cc1)C[C@@H](O)C(=O)O. The van der Waals surface area contributed by atoms with Crippen LogP contribution in [0.2, 0.25) is 5.02 Å². The molecule has 0 saturated carbocycles. The number of carboxylic acids is 2. The van der Waals surface area contributed by atoms with Crippen molar-refractivity contribution in [3.8, 4) is 11.1 Å². The Kier molecular flexibility index (Phi) is 6.92. The normalized spacial score (nSPS) is 12.8. The third-order valence-corrected chi connectivity index (χ3v) is 4.15. The number of halogens is 1. The number of hydrogen-bond donors (Lipinski definition) is 4. The number of carboxylic acid groups (broad SMARTS) is 2. The van der Waals surface area contributed by atoms with Crippen LogP contribution < -0.4 is 5.32 Å². The Morgan fingerprint density at radius 3 is 2.22 bits per heavy atom. The average molecular weight is 392 g/mol. The molecule has 0 bridgehead atoms. The molecule has 0 fully saturated rings. The molecular formula is C19H18ClNO6. The van der Waals surface area contributed by atoms with Crippen molar-refractivity contribution in [2.75, 3.05) is 0 Å². The van der Waals surface area contributed by atoms with E-state index in [1.165, 1.54) is 0 Å². The van der Waals surface area contributed by atoms with Gasteiger partial charge in [0, 0.05) is 17.5 Å². The molecule has 0 unspecified atom stereocenters. The zero-order valence-electron chi connectivity index (χ0n) is 14.1. The molecule has 2 atom stereocenters. The summed E-state index contributed by atoms with van der Waals surface area (Å²) in [5.74, 6) is -4.38. The molecule has 2 aromatic rings. The molecule has 0 radical (unpaired) electrons. The molecule has 7 nitrogen and oxygen atoms in total. The first-order chi connectivity index (χ1) is 12.8. The highest BCUT2D eigenvalue weighted by molar-refractivity contribution is 6.31. The van der Waals surface area contributed by atoms with Gasteiger partial charge < -0.3 is 20.6 Å². The number of carbonyl (C=O) groups is 3. The first-order valence-corrected chi connectivity index (χ1v) is 8.43. The maximum absolute atomic E-state index is 11.4. The zero-order chi connectivity index (χ0) is 20.0. The van der Waals surface area contributed by atoms with E-state index in [0.29, 0.717) is 5.02 Å². The maximum atomic E-state index is 11.4. The molecule has 142 valence electrons. The molecule has 2 aromatic carbocycles. The molecule has 0 saturated heterocycles. The second-order valence-corrected chi connectivity index (χ2v) is 6.41. The van der Waals surface area contributed by atoms with Crippen molar-refractivity contribution in [1.82, 2.24) is 5.32 Å². The third-order valence-electron chi connectivity index (χ3n) is 3.92. The Morgan fingerprint density at radius 1 is 1.00 bits per heavy atom. The van der Waals surface area contributed by atoms with E-state index < -0.39 is 30.0 Å². The molecule has 4 N–H and O–H groups in total. The topological polar surface area (TPSA) is 124 Å². The lowest BCUT2D eigenvalue weighted by Gasteiger charge is -2.19. The average Bonchev–Trinajstić information content (AvgIpc) is 2.62. The van der Waals surface area contributed by atoms with Gasteiger partial charge in [-0.15, -0.1) is 0 Å². The van der Waals surface area contributed by atoms with E-state index in [4.69, 9.17) is 21.8 Å². The van der Waals surface area contributed by atoms with Crippen molar-refractivity contribution in [1.29, 1.82) is 0 Å². The Labute approximate surface area is 160 Å². The third kappa shape index (κ3) is 6.09. The number of rotatable bonds is 7. The summed E-state index contributed by atoms with van der Waals surface area (Å²) in [4.78, 5) is 33.0. The van der Waals surface area contributed by atoms with Crippen LogP contribution >= 0.6 is 11.6 Å². The predicted octanol–water partition coefficient (Wildman–Crippen LogP) is 1.95. The molecule has 2 rings (SSSR count). The highest BCUT2D eigenvalue weighted by Crippen LogP contribution is 2.23. The van der Waals surface area contributed by atoms with Crippen molar-refractivity contribution in [2.45, 2.75) is 25.0 Å². The molecule has 0 heterocycles. The molecule has 1 amide bonds. The first kappa shape index (κ1) is 20.4. The van der Waals surface area contributed by atoms with E-state index in [1.54, 1.807) is 18.2 Å². The molecule has 0 spiro atoms. The van der Waals surface area contributed by atoms with E-state index in [-0.39, 0.29) is 12.8 Å². The Bertz CT molecular complexity index is 836. The lowest BCUT2D eigenvalue weighted by atomic mass is 9.98. The summed E-state index contributed by atoms with van der Waals surface area (Å²) in [5.41, 5.74) is 2.58. The van der Waals surface area contributed by atoms with Gasteiger partial charge in [-0.2, -0.15) is 0 Å². The minimum atomic E-state index is -1.71. The molecule has 0 aliphatic carbocycles. The molecule has 8 heteroatoms. The van der Waals surface area contributed by atoms with Crippen molar-refractivity contribution >= 4 is 29.4 Å². The smallest absolute Gasteiger partial charge is 0.394 e. The molecule has 0 aromatic heterocycles. The van der Waals surface area contributed by atoms with Crippen LogP contribution in [0.15, 0.2) is 48.5 Å². The van der Waals surface area contributed by atoms with Crippen molar-refractivity contribution < 1.29 is 29.7 Å². The fourth-order valence-electron chi connectivity index (χ4n) is 2.60. The second kappa shape index (κ2) is 9.16. The van der Waals surface area contributed by atoms with Crippen LogP contribution in [0.25, 0.3) is 11.1 Å². The molecule has 0 aliphatic rings. The van der Waals surface area contributed by atoms with Gasteiger partial charge in [0.1, 0.15) is 0 Å². The monoisotopic (exact) mass is 391 g/mol. The minimum Gasteiger partial charge on any atom is -0.479 e. The number of hydrogen-bond acceptors (Lipinski definition) is 4. The fourth-order valence-corrected chi connectivity index (χ4v) is 2.79. The molecular weight excluding hydrogens is 374 g/mol. The summed E-state index contributed by atoms with van der Waals surface area (Å²) in [6.07, 6.45) is -1.86. The van der Waals surface area contributed by atoms with Crippen molar-refractivity contribution in [3.05, 3.63) is 59.1 Å². The summed E-state index contributed by atoms with van der Waals surface area (Å²) in [6, 6.07) is 13.7. The number of benzene rings is 2. The molecule has 27 heavy (non-hydrogen) atoms. The van der Waals surface area contributed by atoms with Gasteiger partial charge in [-0.25, -0.2) is 9.59 Å². The Morgan fingerprint density at radius 2 is 1.67 bits per heavy atom. The van der Waals surface area contributed by atoms with Gasteiger partial charge in [0.2, 0.25) is 0 Å². The summed E-state index contributed by atoms with van der Waals surface area (Å²) in [6.45, 7) is 0. The van der Waals surface area contributed by atoms with Crippen LogP contribution in [-0.4, -0.2) is 45.3 Å². The van der Waals surface area contributed by atoms with E-state index in [1.807, 2.05) is 30.3 Å². The maximum Gasteiger partial charge on any atom is 0.394 e. The van der Waals surface area contributed by atoms with Crippen LogP contribution in [-0.2, 0) is 20.8 Å². The summed E-state index contributed by atoms with van der Waals surface area (Å²) in [5, 5.41) is 29.9. The number of aliphatic hydroxyl groups is 1. The quantitative estimate of drug-likeness (QED) is 0.535. The Balaban J connectivity index is 2.14. The number of aliphatic carboxylic acids is 2. The minimum absolute atomic E-state index is 0.166. The number of carbonyl (C=O) groups excluding carboxylic acids is 1. The van der Waals surface area contributed by atoms with E-state index in [9.17, 15) is 19.5 Å². The van der Waals surface area contributed by atoms with Crippen molar-refractivity contribution in [2.24, 2.45) is 0 Å². The van der Waals surface area contributed by atoms with Gasteiger partial charge in [0.25, 0.3) is 0 Å². The first-order valence-electron chi connectivity index (χ1n) is 8.06. The fraction of sp³-hybridized carbons (Fsp3) is 0.211. The summed E-state index contributed by atoms with van der Waals surface area (Å²) >= 11 is 5.98. The van der Waals surface area contributed by atoms with Gasteiger partial charge in [-0.05, 0) is 35.2 Å². The lowest BCUT2D eigenvalue weighted by Crippen LogP contribution is -2.43.